The Morgan fingerprint density at radius 2 is 0.333 bits per heavy atom. The lowest BCUT2D eigenvalue weighted by Gasteiger charge is -2.48. The molecule has 0 aromatic carbocycles. The van der Waals surface area contributed by atoms with Crippen molar-refractivity contribution in [1.82, 2.24) is 9.80 Å². The smallest absolute Gasteiger partial charge is 0.189 e. The van der Waals surface area contributed by atoms with E-state index in [4.69, 9.17) is 0 Å². The van der Waals surface area contributed by atoms with Crippen molar-refractivity contribution in [2.24, 2.45) is 0 Å². The van der Waals surface area contributed by atoms with E-state index in [9.17, 15) is 114 Å². The third-order valence-electron chi connectivity index (χ3n) is 3.80. The zero-order chi connectivity index (χ0) is 32.7. The van der Waals surface area contributed by atoms with Gasteiger partial charge in [0.1, 0.15) is 0 Å². The minimum absolute atomic E-state index is 5.60. The van der Waals surface area contributed by atoms with Gasteiger partial charge in [-0.3, -0.25) is 0 Å². The topological polar surface area (TPSA) is 6.48 Å². The molecule has 39 heavy (non-hydrogen) atoms. The molecule has 0 bridgehead atoms. The van der Waals surface area contributed by atoms with E-state index in [0.717, 1.165) is 0 Å². The molecule has 0 heterocycles. The molecule has 0 saturated carbocycles. The van der Waals surface area contributed by atoms with Gasteiger partial charge in [0.2, 0.25) is 0 Å². The van der Waals surface area contributed by atoms with Gasteiger partial charge in [-0.25, -0.2) is 0 Å². The average Bonchev–Trinajstić information content (AvgIpc) is 2.55. The van der Waals surface area contributed by atoms with Crippen molar-refractivity contribution in [3.8, 4) is 0 Å². The Morgan fingerprint density at radius 3 is 0.436 bits per heavy atom. The molecule has 0 atom stereocenters. The third kappa shape index (κ3) is 5.41. The van der Waals surface area contributed by atoms with Crippen LogP contribution in [-0.4, -0.2) is 76.7 Å². The van der Waals surface area contributed by atoms with E-state index in [-0.39, 0.29) is 0 Å². The first-order valence-corrected chi connectivity index (χ1v) is 7.76. The highest BCUT2D eigenvalue weighted by molar-refractivity contribution is 5.06. The summed E-state index contributed by atoms with van der Waals surface area (Å²) in [6.45, 7) is 0. The molecule has 0 N–H and O–H groups in total. The van der Waals surface area contributed by atoms with Crippen LogP contribution in [0.25, 0.3) is 0 Å². The first-order chi connectivity index (χ1) is 16.2. The molecule has 0 spiro atoms. The summed E-state index contributed by atoms with van der Waals surface area (Å²) in [5, 5.41) is 0. The summed E-state index contributed by atoms with van der Waals surface area (Å²) >= 11 is 0. The van der Waals surface area contributed by atoms with Crippen LogP contribution in [0.15, 0.2) is 0 Å². The quantitative estimate of drug-likeness (QED) is 0.193. The van der Waals surface area contributed by atoms with Gasteiger partial charge >= 0.3 is 66.9 Å². The Bertz CT molecular complexity index is 744. The van der Waals surface area contributed by atoms with Gasteiger partial charge in [-0.1, -0.05) is 9.80 Å². The van der Waals surface area contributed by atoms with Crippen LogP contribution in [0.5, 0.6) is 0 Å². The maximum Gasteiger partial charge on any atom is 0.469 e. The normalized spacial score (nSPS) is 16.9. The summed E-state index contributed by atoms with van der Waals surface area (Å²) in [6, 6.07) is -54.8. The summed E-state index contributed by atoms with van der Waals surface area (Å²) in [4.78, 5) is -11.2. The molecular formula is C11F26N2. The Balaban J connectivity index is 7.96. The molecule has 236 valence electrons. The summed E-state index contributed by atoms with van der Waals surface area (Å²) in [5.74, 6) is -9.70. The first-order valence-electron chi connectivity index (χ1n) is 7.76. The van der Waals surface area contributed by atoms with Crippen LogP contribution < -0.4 is 0 Å². The Labute approximate surface area is 192 Å². The lowest BCUT2D eigenvalue weighted by atomic mass is 10.1. The molecule has 0 radical (unpaired) electrons. The molecule has 0 rings (SSSR count). The SMILES string of the molecule is FC(F)(F)C(F)(F)N(C(F)(F)C(F)(F)F)C(F)(F)C(F)(F)C(F)(F)N(C(F)(F)C(F)(F)F)C(F)(F)C(F)(F)F. The standard InChI is InChI=1S/C11F26N2/c12-1(13,6(26,27)38(8(30,31)2(14,15)16)9(32,33)3(17,18)19)7(28,29)39(10(34,35)4(20,21)22)11(36,37)5(23,24)25. The number of alkyl halides is 26. The van der Waals surface area contributed by atoms with E-state index >= 15 is 0 Å². The van der Waals surface area contributed by atoms with E-state index in [0.29, 0.717) is 0 Å². The van der Waals surface area contributed by atoms with E-state index in [1.165, 1.54) is 0 Å². The highest BCUT2D eigenvalue weighted by Gasteiger charge is 2.92. The molecule has 0 aromatic heterocycles. The Kier molecular flexibility index (Phi) is 8.61. The van der Waals surface area contributed by atoms with Gasteiger partial charge in [-0.05, 0) is 0 Å². The van der Waals surface area contributed by atoms with Crippen LogP contribution in [-0.2, 0) is 0 Å². The third-order valence-corrected chi connectivity index (χ3v) is 3.80. The molecule has 0 aliphatic carbocycles. The summed E-state index contributed by atoms with van der Waals surface area (Å²) in [7, 11) is 0. The molecule has 0 unspecified atom stereocenters. The highest BCUT2D eigenvalue weighted by Crippen LogP contribution is 2.62. The molecule has 0 amide bonds. The van der Waals surface area contributed by atoms with Gasteiger partial charge in [0, 0.05) is 0 Å². The number of nitrogens with zero attached hydrogens (tertiary/aromatic N) is 2. The zero-order valence-corrected chi connectivity index (χ0v) is 16.2. The summed E-state index contributed by atoms with van der Waals surface area (Å²) < 4.78 is 335. The van der Waals surface area contributed by atoms with Crippen molar-refractivity contribution >= 4 is 0 Å². The fourth-order valence-electron chi connectivity index (χ4n) is 2.03. The Hall–Kier alpha value is -1.90. The van der Waals surface area contributed by atoms with Crippen molar-refractivity contribution in [2.75, 3.05) is 0 Å². The predicted octanol–water partition coefficient (Wildman–Crippen LogP) is 8.03. The monoisotopic (exact) mass is 654 g/mol. The van der Waals surface area contributed by atoms with Crippen molar-refractivity contribution in [3.63, 3.8) is 0 Å². The predicted molar refractivity (Wildman–Crippen MR) is 62.5 cm³/mol. The maximum absolute atomic E-state index is 13.8. The van der Waals surface area contributed by atoms with Gasteiger partial charge in [0.25, 0.3) is 0 Å². The molecule has 0 aromatic rings. The molecule has 0 saturated heterocycles. The average molecular weight is 654 g/mol. The maximum atomic E-state index is 13.8. The van der Waals surface area contributed by atoms with Crippen LogP contribution in [0, 0.1) is 0 Å². The number of hydrogen-bond acceptors (Lipinski definition) is 2. The molecular weight excluding hydrogens is 654 g/mol. The molecule has 2 nitrogen and oxygen atoms in total. The number of rotatable bonds is 8. The van der Waals surface area contributed by atoms with Gasteiger partial charge < -0.3 is 0 Å². The summed E-state index contributed by atoms with van der Waals surface area (Å²) in [5.41, 5.74) is 0. The van der Waals surface area contributed by atoms with E-state index in [2.05, 4.69) is 0 Å². The zero-order valence-electron chi connectivity index (χ0n) is 16.2. The van der Waals surface area contributed by atoms with Crippen LogP contribution in [0.4, 0.5) is 114 Å². The van der Waals surface area contributed by atoms with Crippen LogP contribution in [0.3, 0.4) is 0 Å². The van der Waals surface area contributed by atoms with Gasteiger partial charge in [0.05, 0.1) is 0 Å². The fourth-order valence-corrected chi connectivity index (χ4v) is 2.03. The van der Waals surface area contributed by atoms with Crippen LogP contribution in [0.1, 0.15) is 0 Å². The lowest BCUT2D eigenvalue weighted by molar-refractivity contribution is -0.539. The van der Waals surface area contributed by atoms with E-state index < -0.39 is 76.7 Å². The van der Waals surface area contributed by atoms with Crippen molar-refractivity contribution in [3.05, 3.63) is 0 Å². The van der Waals surface area contributed by atoms with Crippen molar-refractivity contribution < 1.29 is 114 Å². The second-order valence-electron chi connectivity index (χ2n) is 6.48. The lowest BCUT2D eigenvalue weighted by Crippen LogP contribution is -2.80. The Morgan fingerprint density at radius 1 is 0.205 bits per heavy atom. The van der Waals surface area contributed by atoms with Crippen molar-refractivity contribution in [1.29, 1.82) is 0 Å². The largest absolute Gasteiger partial charge is 0.469 e. The number of halogens is 26. The molecule has 0 aliphatic heterocycles. The first kappa shape index (κ1) is 37.1. The second kappa shape index (κ2) is 9.05. The van der Waals surface area contributed by atoms with E-state index in [1.54, 1.807) is 0 Å². The van der Waals surface area contributed by atoms with Crippen molar-refractivity contribution in [2.45, 2.75) is 66.9 Å². The minimum Gasteiger partial charge on any atom is -0.189 e. The highest BCUT2D eigenvalue weighted by atomic mass is 19.5. The fraction of sp³-hybridized carbons (Fsp3) is 1.00. The minimum atomic E-state index is -9.70. The van der Waals surface area contributed by atoms with E-state index in [1.807, 2.05) is 0 Å². The molecule has 28 heteroatoms. The van der Waals surface area contributed by atoms with Gasteiger partial charge in [-0.2, -0.15) is 114 Å². The molecule has 0 aliphatic rings. The second-order valence-corrected chi connectivity index (χ2v) is 6.48. The number of hydrogen-bond donors (Lipinski definition) is 0. The van der Waals surface area contributed by atoms with Gasteiger partial charge in [-0.15, -0.1) is 0 Å². The molecule has 0 fully saturated rings. The summed E-state index contributed by atoms with van der Waals surface area (Å²) in [6.07, 6.45) is -33.8. The van der Waals surface area contributed by atoms with Crippen LogP contribution in [0.2, 0.25) is 0 Å². The van der Waals surface area contributed by atoms with Crippen LogP contribution >= 0.6 is 0 Å². The van der Waals surface area contributed by atoms with Gasteiger partial charge in [0.15, 0.2) is 0 Å².